The minimum absolute atomic E-state index is 0.0474. The van der Waals surface area contributed by atoms with Crippen molar-refractivity contribution in [3.63, 3.8) is 0 Å². The zero-order valence-corrected chi connectivity index (χ0v) is 14.2. The van der Waals surface area contributed by atoms with Crippen molar-refractivity contribution in [3.05, 3.63) is 57.8 Å². The van der Waals surface area contributed by atoms with E-state index in [2.05, 4.69) is 20.4 Å². The maximum Gasteiger partial charge on any atom is 0.307 e. The molecule has 0 atom stereocenters. The fourth-order valence-electron chi connectivity index (χ4n) is 2.31. The second kappa shape index (κ2) is 7.15. The van der Waals surface area contributed by atoms with E-state index in [1.807, 2.05) is 0 Å². The second-order valence-electron chi connectivity index (χ2n) is 5.42. The molecule has 10 nitrogen and oxygen atoms in total. The molecule has 11 heteroatoms. The molecule has 0 saturated carbocycles. The number of anilines is 2. The van der Waals surface area contributed by atoms with E-state index in [4.69, 9.17) is 4.74 Å². The Morgan fingerprint density at radius 1 is 1.37 bits per heavy atom. The maximum atomic E-state index is 13.8. The highest BCUT2D eigenvalue weighted by atomic mass is 19.1. The van der Waals surface area contributed by atoms with Crippen LogP contribution in [0.4, 0.5) is 21.7 Å². The van der Waals surface area contributed by atoms with Gasteiger partial charge in [-0.15, -0.1) is 0 Å². The van der Waals surface area contributed by atoms with Crippen molar-refractivity contribution in [2.24, 2.45) is 0 Å². The highest BCUT2D eigenvalue weighted by Gasteiger charge is 2.20. The van der Waals surface area contributed by atoms with Gasteiger partial charge in [-0.25, -0.2) is 9.67 Å². The number of halogens is 1. The molecule has 0 saturated heterocycles. The molecule has 2 aromatic heterocycles. The summed E-state index contributed by atoms with van der Waals surface area (Å²) >= 11 is 0. The lowest BCUT2D eigenvalue weighted by molar-refractivity contribution is -0.387. The number of aryl methyl sites for hydroxylation is 1. The van der Waals surface area contributed by atoms with E-state index in [0.29, 0.717) is 23.2 Å². The minimum Gasteiger partial charge on any atom is -0.494 e. The summed E-state index contributed by atoms with van der Waals surface area (Å²) in [7, 11) is 1.30. The Bertz CT molecular complexity index is 1040. The smallest absolute Gasteiger partial charge is 0.307 e. The molecule has 27 heavy (non-hydrogen) atoms. The van der Waals surface area contributed by atoms with Crippen LogP contribution in [0.5, 0.6) is 5.75 Å². The van der Waals surface area contributed by atoms with Crippen molar-refractivity contribution in [1.82, 2.24) is 19.7 Å². The number of benzene rings is 1. The fourth-order valence-corrected chi connectivity index (χ4v) is 2.31. The van der Waals surface area contributed by atoms with Gasteiger partial charge >= 0.3 is 5.69 Å². The molecule has 0 spiro atoms. The van der Waals surface area contributed by atoms with Gasteiger partial charge < -0.3 is 10.1 Å². The van der Waals surface area contributed by atoms with Gasteiger partial charge in [0.2, 0.25) is 11.8 Å². The highest BCUT2D eigenvalue weighted by molar-refractivity contribution is 5.73. The van der Waals surface area contributed by atoms with Gasteiger partial charge in [0.25, 0.3) is 0 Å². The molecular weight excluding hydrogens is 359 g/mol. The third-order valence-corrected chi connectivity index (χ3v) is 3.61. The van der Waals surface area contributed by atoms with Crippen LogP contribution in [-0.2, 0) is 0 Å². The summed E-state index contributed by atoms with van der Waals surface area (Å²) in [4.78, 5) is 29.4. The van der Waals surface area contributed by atoms with Gasteiger partial charge in [-0.2, -0.15) is 14.5 Å². The number of ether oxygens (including phenoxy) is 1. The Morgan fingerprint density at radius 2 is 2.15 bits per heavy atom. The Labute approximate surface area is 151 Å². The van der Waals surface area contributed by atoms with Crippen LogP contribution in [0.15, 0.2) is 30.7 Å². The number of nitro benzene ring substituents is 1. The van der Waals surface area contributed by atoms with Crippen LogP contribution in [0.3, 0.4) is 0 Å². The molecule has 0 amide bonds. The Balaban J connectivity index is 2.01. The number of nitro groups is 1. The lowest BCUT2D eigenvalue weighted by atomic mass is 10.2. The molecule has 0 aliphatic heterocycles. The normalized spacial score (nSPS) is 10.5. The predicted octanol–water partition coefficient (Wildman–Crippen LogP) is 2.58. The molecule has 1 N–H and O–H groups in total. The van der Waals surface area contributed by atoms with Crippen molar-refractivity contribution < 1.29 is 18.8 Å². The molecule has 0 unspecified atom stereocenters. The van der Waals surface area contributed by atoms with Gasteiger partial charge in [0.05, 0.1) is 29.5 Å². The van der Waals surface area contributed by atoms with Gasteiger partial charge in [-0.05, 0) is 6.92 Å². The molecule has 138 valence electrons. The number of nitrogens with one attached hydrogen (secondary N) is 1. The van der Waals surface area contributed by atoms with E-state index in [0.717, 1.165) is 12.1 Å². The first-order chi connectivity index (χ1) is 12.9. The monoisotopic (exact) mass is 372 g/mol. The van der Waals surface area contributed by atoms with E-state index in [9.17, 15) is 19.3 Å². The van der Waals surface area contributed by atoms with Crippen LogP contribution in [0, 0.1) is 22.9 Å². The van der Waals surface area contributed by atoms with Crippen LogP contribution in [0.1, 0.15) is 15.9 Å². The predicted molar refractivity (Wildman–Crippen MR) is 92.2 cm³/mol. The maximum absolute atomic E-state index is 13.8. The number of aromatic nitrogens is 4. The SMILES string of the molecule is COc1cc(F)c([N+](=O)[O-])cc1Nc1ncc(C)c(-n2cc(C=O)cn2)n1. The van der Waals surface area contributed by atoms with Gasteiger partial charge in [0.15, 0.2) is 12.1 Å². The molecular formula is C16H13FN6O4. The third-order valence-electron chi connectivity index (χ3n) is 3.61. The van der Waals surface area contributed by atoms with Crippen LogP contribution in [0.2, 0.25) is 0 Å². The summed E-state index contributed by atoms with van der Waals surface area (Å²) in [5, 5.41) is 17.8. The molecule has 3 aromatic rings. The summed E-state index contributed by atoms with van der Waals surface area (Å²) in [6.45, 7) is 1.75. The second-order valence-corrected chi connectivity index (χ2v) is 5.42. The fraction of sp³-hybridized carbons (Fsp3) is 0.125. The summed E-state index contributed by atoms with van der Waals surface area (Å²) < 4.78 is 20.2. The molecule has 0 bridgehead atoms. The van der Waals surface area contributed by atoms with Crippen molar-refractivity contribution in [2.75, 3.05) is 12.4 Å². The Hall–Kier alpha value is -3.89. The molecule has 0 aliphatic rings. The first kappa shape index (κ1) is 17.9. The average molecular weight is 372 g/mol. The average Bonchev–Trinajstić information content (AvgIpc) is 3.13. The number of carbonyl (C=O) groups is 1. The van der Waals surface area contributed by atoms with Crippen molar-refractivity contribution >= 4 is 23.6 Å². The number of rotatable bonds is 6. The number of hydrogen-bond donors (Lipinski definition) is 1. The van der Waals surface area contributed by atoms with Gasteiger partial charge in [0, 0.05) is 30.1 Å². The lowest BCUT2D eigenvalue weighted by Crippen LogP contribution is -2.07. The first-order valence-corrected chi connectivity index (χ1v) is 7.55. The topological polar surface area (TPSA) is 125 Å². The number of aldehydes is 1. The first-order valence-electron chi connectivity index (χ1n) is 7.55. The minimum atomic E-state index is -1.02. The molecule has 1 aromatic carbocycles. The van der Waals surface area contributed by atoms with Crippen molar-refractivity contribution in [1.29, 1.82) is 0 Å². The number of nitrogens with zero attached hydrogens (tertiary/aromatic N) is 5. The van der Waals surface area contributed by atoms with E-state index >= 15 is 0 Å². The summed E-state index contributed by atoms with van der Waals surface area (Å²) in [5.74, 6) is -0.494. The van der Waals surface area contributed by atoms with Crippen molar-refractivity contribution in [2.45, 2.75) is 6.92 Å². The van der Waals surface area contributed by atoms with Crippen LogP contribution >= 0.6 is 0 Å². The molecule has 2 heterocycles. The van der Waals surface area contributed by atoms with E-state index in [1.54, 1.807) is 6.92 Å². The highest BCUT2D eigenvalue weighted by Crippen LogP contribution is 2.33. The number of carbonyl (C=O) groups excluding carboxylic acids is 1. The molecule has 0 aliphatic carbocycles. The van der Waals surface area contributed by atoms with Crippen LogP contribution in [-0.4, -0.2) is 38.1 Å². The summed E-state index contributed by atoms with van der Waals surface area (Å²) in [6, 6.07) is 1.90. The largest absolute Gasteiger partial charge is 0.494 e. The Kier molecular flexibility index (Phi) is 4.75. The van der Waals surface area contributed by atoms with Gasteiger partial charge in [0.1, 0.15) is 5.75 Å². The van der Waals surface area contributed by atoms with Gasteiger partial charge in [-0.3, -0.25) is 14.9 Å². The van der Waals surface area contributed by atoms with Crippen LogP contribution in [0.25, 0.3) is 5.82 Å². The lowest BCUT2D eigenvalue weighted by Gasteiger charge is -2.12. The molecule has 0 fully saturated rings. The number of hydrogen-bond acceptors (Lipinski definition) is 8. The summed E-state index contributed by atoms with van der Waals surface area (Å²) in [6.07, 6.45) is 5.04. The quantitative estimate of drug-likeness (QED) is 0.398. The molecule has 3 rings (SSSR count). The zero-order chi connectivity index (χ0) is 19.6. The zero-order valence-electron chi connectivity index (χ0n) is 14.2. The van der Waals surface area contributed by atoms with E-state index in [-0.39, 0.29) is 17.4 Å². The van der Waals surface area contributed by atoms with E-state index < -0.39 is 16.4 Å². The van der Waals surface area contributed by atoms with Gasteiger partial charge in [-0.1, -0.05) is 0 Å². The Morgan fingerprint density at radius 3 is 2.78 bits per heavy atom. The molecule has 0 radical (unpaired) electrons. The summed E-state index contributed by atoms with van der Waals surface area (Å²) in [5.41, 5.74) is 0.458. The third kappa shape index (κ3) is 3.56. The van der Waals surface area contributed by atoms with Crippen LogP contribution < -0.4 is 10.1 Å². The van der Waals surface area contributed by atoms with Crippen molar-refractivity contribution in [3.8, 4) is 11.6 Å². The number of methoxy groups -OCH3 is 1. The van der Waals surface area contributed by atoms with E-state index in [1.165, 1.54) is 30.4 Å². The standard InChI is InChI=1S/C16H13FN6O4/c1-9-5-18-16(21-15(9)22-7-10(8-24)6-19-22)20-12-4-13(23(25)26)11(17)3-14(12)27-2/h3-8H,1-2H3,(H,18,20,21).